The third kappa shape index (κ3) is 3.65. The molecule has 0 aliphatic carbocycles. The molecule has 130 valence electrons. The van der Waals surface area contributed by atoms with E-state index < -0.39 is 0 Å². The van der Waals surface area contributed by atoms with Crippen LogP contribution in [-0.2, 0) is 17.6 Å². The van der Waals surface area contributed by atoms with E-state index in [4.69, 9.17) is 4.74 Å². The zero-order chi connectivity index (χ0) is 17.8. The van der Waals surface area contributed by atoms with Gasteiger partial charge < -0.3 is 15.0 Å². The molecule has 1 N–H and O–H groups in total. The average Bonchev–Trinajstić information content (AvgIpc) is 2.64. The molecular formula is C20H22N2O3. The number of para-hydroxylation sites is 1. The molecule has 1 heterocycles. The van der Waals surface area contributed by atoms with Gasteiger partial charge in [-0.05, 0) is 42.2 Å². The topological polar surface area (TPSA) is 58.6 Å². The van der Waals surface area contributed by atoms with Crippen LogP contribution in [0.5, 0.6) is 5.75 Å². The number of rotatable bonds is 5. The molecule has 1 aliphatic heterocycles. The molecule has 5 heteroatoms. The van der Waals surface area contributed by atoms with Gasteiger partial charge in [0, 0.05) is 25.7 Å². The van der Waals surface area contributed by atoms with Crippen molar-refractivity contribution >= 4 is 17.5 Å². The Morgan fingerprint density at radius 1 is 1.20 bits per heavy atom. The summed E-state index contributed by atoms with van der Waals surface area (Å²) in [5.41, 5.74) is 3.87. The summed E-state index contributed by atoms with van der Waals surface area (Å²) in [4.78, 5) is 25.7. The maximum absolute atomic E-state index is 12.3. The number of nitrogens with one attached hydrogen (secondary N) is 1. The van der Waals surface area contributed by atoms with Gasteiger partial charge in [0.25, 0.3) is 5.91 Å². The molecule has 0 saturated carbocycles. The summed E-state index contributed by atoms with van der Waals surface area (Å²) in [5.74, 6) is 0.589. The molecule has 25 heavy (non-hydrogen) atoms. The number of nitrogens with zero attached hydrogens (tertiary/aromatic N) is 1. The molecule has 3 rings (SSSR count). The predicted molar refractivity (Wildman–Crippen MR) is 97.2 cm³/mol. The molecule has 5 nitrogen and oxygen atoms in total. The molecule has 2 amide bonds. The Morgan fingerprint density at radius 3 is 2.80 bits per heavy atom. The van der Waals surface area contributed by atoms with Gasteiger partial charge in [0.05, 0.1) is 12.7 Å². The first-order valence-corrected chi connectivity index (χ1v) is 8.39. The van der Waals surface area contributed by atoms with E-state index in [1.54, 1.807) is 24.1 Å². The van der Waals surface area contributed by atoms with E-state index in [0.29, 0.717) is 24.3 Å². The van der Waals surface area contributed by atoms with E-state index in [2.05, 4.69) is 11.4 Å². The van der Waals surface area contributed by atoms with Crippen molar-refractivity contribution in [1.82, 2.24) is 5.32 Å². The highest BCUT2D eigenvalue weighted by molar-refractivity contribution is 5.97. The fraction of sp³-hybridized carbons (Fsp3) is 0.300. The molecule has 2 aromatic rings. The van der Waals surface area contributed by atoms with E-state index in [-0.39, 0.29) is 11.8 Å². The molecule has 0 fully saturated rings. The number of ether oxygens (including phenoxy) is 1. The first kappa shape index (κ1) is 17.0. The van der Waals surface area contributed by atoms with Crippen molar-refractivity contribution in [2.24, 2.45) is 0 Å². The molecule has 1 aliphatic rings. The minimum atomic E-state index is -0.138. The van der Waals surface area contributed by atoms with Crippen LogP contribution in [0.1, 0.15) is 27.9 Å². The lowest BCUT2D eigenvalue weighted by atomic mass is 9.98. The monoisotopic (exact) mass is 338 g/mol. The maximum Gasteiger partial charge on any atom is 0.255 e. The normalized spacial score (nSPS) is 13.4. The molecule has 0 bridgehead atoms. The summed E-state index contributed by atoms with van der Waals surface area (Å²) in [6.45, 7) is 0.546. The van der Waals surface area contributed by atoms with E-state index in [1.807, 2.05) is 31.3 Å². The van der Waals surface area contributed by atoms with Crippen LogP contribution in [0.4, 0.5) is 5.69 Å². The van der Waals surface area contributed by atoms with Crippen molar-refractivity contribution in [3.63, 3.8) is 0 Å². The fourth-order valence-corrected chi connectivity index (χ4v) is 3.11. The maximum atomic E-state index is 12.3. The fourth-order valence-electron chi connectivity index (χ4n) is 3.11. The van der Waals surface area contributed by atoms with Crippen LogP contribution in [0.15, 0.2) is 42.5 Å². The van der Waals surface area contributed by atoms with Crippen LogP contribution < -0.4 is 15.0 Å². The third-order valence-corrected chi connectivity index (χ3v) is 4.54. The van der Waals surface area contributed by atoms with Crippen molar-refractivity contribution in [1.29, 1.82) is 0 Å². The highest BCUT2D eigenvalue weighted by atomic mass is 16.5. The van der Waals surface area contributed by atoms with Crippen LogP contribution in [0.25, 0.3) is 0 Å². The number of fused-ring (bicyclic) bond motifs is 1. The first-order valence-electron chi connectivity index (χ1n) is 8.39. The first-order chi connectivity index (χ1) is 12.1. The number of hydrogen-bond acceptors (Lipinski definition) is 3. The second-order valence-corrected chi connectivity index (χ2v) is 6.12. The molecule has 0 atom stereocenters. The number of amides is 2. The molecule has 0 spiro atoms. The van der Waals surface area contributed by atoms with Gasteiger partial charge in [-0.25, -0.2) is 0 Å². The van der Waals surface area contributed by atoms with Crippen LogP contribution in [0, 0.1) is 0 Å². The van der Waals surface area contributed by atoms with Gasteiger partial charge in [0.1, 0.15) is 5.75 Å². The molecular weight excluding hydrogens is 316 g/mol. The summed E-state index contributed by atoms with van der Waals surface area (Å²) >= 11 is 0. The average molecular weight is 338 g/mol. The van der Waals surface area contributed by atoms with Crippen molar-refractivity contribution in [2.45, 2.75) is 19.3 Å². The zero-order valence-electron chi connectivity index (χ0n) is 14.5. The second-order valence-electron chi connectivity index (χ2n) is 6.12. The molecule has 2 aromatic carbocycles. The smallest absolute Gasteiger partial charge is 0.255 e. The lowest BCUT2D eigenvalue weighted by Gasteiger charge is -2.26. The minimum Gasteiger partial charge on any atom is -0.496 e. The molecule has 0 unspecified atom stereocenters. The van der Waals surface area contributed by atoms with E-state index in [1.165, 1.54) is 5.56 Å². The van der Waals surface area contributed by atoms with Gasteiger partial charge in [-0.1, -0.05) is 24.3 Å². The zero-order valence-corrected chi connectivity index (χ0v) is 14.5. The van der Waals surface area contributed by atoms with Gasteiger partial charge in [-0.3, -0.25) is 9.59 Å². The van der Waals surface area contributed by atoms with Gasteiger partial charge in [0.2, 0.25) is 5.91 Å². The Kier molecular flexibility index (Phi) is 5.03. The number of carbonyl (C=O) groups excluding carboxylic acids is 2. The Bertz CT molecular complexity index is 801. The highest BCUT2D eigenvalue weighted by Crippen LogP contribution is 2.27. The number of aryl methyl sites for hydroxylation is 1. The van der Waals surface area contributed by atoms with Gasteiger partial charge in [0.15, 0.2) is 0 Å². The standard InChI is InChI=1S/C20H22N2O3/c1-22-17-9-7-14(13-15(17)8-10-19(22)23)11-12-21-20(24)16-5-3-4-6-18(16)25-2/h3-7,9,13H,8,10-12H2,1-2H3,(H,21,24). The number of methoxy groups -OCH3 is 1. The Morgan fingerprint density at radius 2 is 2.00 bits per heavy atom. The van der Waals surface area contributed by atoms with Crippen LogP contribution in [-0.4, -0.2) is 32.5 Å². The van der Waals surface area contributed by atoms with Crippen LogP contribution >= 0.6 is 0 Å². The van der Waals surface area contributed by atoms with Crippen molar-refractivity contribution in [3.05, 3.63) is 59.2 Å². The van der Waals surface area contributed by atoms with Gasteiger partial charge in [-0.2, -0.15) is 0 Å². The molecule has 0 saturated heterocycles. The van der Waals surface area contributed by atoms with E-state index >= 15 is 0 Å². The quantitative estimate of drug-likeness (QED) is 0.911. The number of carbonyl (C=O) groups is 2. The second kappa shape index (κ2) is 7.38. The Balaban J connectivity index is 1.61. The van der Waals surface area contributed by atoms with E-state index in [0.717, 1.165) is 24.1 Å². The highest BCUT2D eigenvalue weighted by Gasteiger charge is 2.20. The van der Waals surface area contributed by atoms with Gasteiger partial charge in [-0.15, -0.1) is 0 Å². The Labute approximate surface area is 147 Å². The third-order valence-electron chi connectivity index (χ3n) is 4.54. The van der Waals surface area contributed by atoms with Crippen LogP contribution in [0.2, 0.25) is 0 Å². The summed E-state index contributed by atoms with van der Waals surface area (Å²) < 4.78 is 5.22. The number of benzene rings is 2. The summed E-state index contributed by atoms with van der Waals surface area (Å²) in [5, 5.41) is 2.93. The minimum absolute atomic E-state index is 0.138. The van der Waals surface area contributed by atoms with Gasteiger partial charge >= 0.3 is 0 Å². The predicted octanol–water partition coefficient (Wildman–Crippen LogP) is 2.58. The number of hydrogen-bond donors (Lipinski definition) is 1. The lowest BCUT2D eigenvalue weighted by Crippen LogP contribution is -2.31. The lowest BCUT2D eigenvalue weighted by molar-refractivity contribution is -0.118. The molecule has 0 aromatic heterocycles. The van der Waals surface area contributed by atoms with E-state index in [9.17, 15) is 9.59 Å². The van der Waals surface area contributed by atoms with Crippen molar-refractivity contribution < 1.29 is 14.3 Å². The molecule has 0 radical (unpaired) electrons. The SMILES string of the molecule is COc1ccccc1C(=O)NCCc1ccc2c(c1)CCC(=O)N2C. The number of anilines is 1. The summed E-state index contributed by atoms with van der Waals surface area (Å²) in [7, 11) is 3.37. The largest absolute Gasteiger partial charge is 0.496 e. The van der Waals surface area contributed by atoms with Crippen molar-refractivity contribution in [3.8, 4) is 5.75 Å². The Hall–Kier alpha value is -2.82. The van der Waals surface area contributed by atoms with Crippen LogP contribution in [0.3, 0.4) is 0 Å². The summed E-state index contributed by atoms with van der Waals surface area (Å²) in [6, 6.07) is 13.3. The van der Waals surface area contributed by atoms with Crippen molar-refractivity contribution in [2.75, 3.05) is 25.6 Å². The summed E-state index contributed by atoms with van der Waals surface area (Å²) in [6.07, 6.45) is 2.07.